The van der Waals surface area contributed by atoms with Gasteiger partial charge in [-0.1, -0.05) is 0 Å². The summed E-state index contributed by atoms with van der Waals surface area (Å²) >= 11 is 0. The number of halogens is 1. The molecular weight excluding hydrogens is 433 g/mol. The molecule has 3 heterocycles. The number of benzene rings is 1. The molecule has 0 amide bonds. The van der Waals surface area contributed by atoms with Gasteiger partial charge in [-0.15, -0.1) is 0 Å². The van der Waals surface area contributed by atoms with Crippen LogP contribution in [-0.2, 0) is 13.0 Å². The Morgan fingerprint density at radius 2 is 1.88 bits per heavy atom. The van der Waals surface area contributed by atoms with Crippen LogP contribution >= 0.6 is 0 Å². The smallest absolute Gasteiger partial charge is 0.166 e. The number of hydrogen-bond acceptors (Lipinski definition) is 6. The number of anilines is 2. The van der Waals surface area contributed by atoms with Gasteiger partial charge in [0.05, 0.1) is 22.6 Å². The summed E-state index contributed by atoms with van der Waals surface area (Å²) in [7, 11) is 0. The lowest BCUT2D eigenvalue weighted by Gasteiger charge is -2.11. The van der Waals surface area contributed by atoms with E-state index in [2.05, 4.69) is 20.4 Å². The second kappa shape index (κ2) is 7.86. The summed E-state index contributed by atoms with van der Waals surface area (Å²) in [5, 5.41) is 12.9. The highest BCUT2D eigenvalue weighted by atomic mass is 19.1. The molecule has 34 heavy (non-hydrogen) atoms. The van der Waals surface area contributed by atoms with Crippen LogP contribution in [0.5, 0.6) is 0 Å². The minimum atomic E-state index is -0.271. The zero-order chi connectivity index (χ0) is 23.4. The third-order valence-corrected chi connectivity index (χ3v) is 6.57. The molecule has 2 aliphatic rings. The number of nitrogens with zero attached hydrogens (tertiary/aromatic N) is 6. The number of carbonyl (C=O) groups is 1. The van der Waals surface area contributed by atoms with Crippen molar-refractivity contribution >= 4 is 17.4 Å². The van der Waals surface area contributed by atoms with Crippen LogP contribution in [0.25, 0.3) is 17.1 Å². The number of ketones is 1. The molecule has 0 saturated heterocycles. The highest BCUT2D eigenvalue weighted by Gasteiger charge is 2.29. The molecule has 0 atom stereocenters. The van der Waals surface area contributed by atoms with E-state index >= 15 is 0 Å². The van der Waals surface area contributed by atoms with Crippen LogP contribution in [0.15, 0.2) is 36.7 Å². The second-order valence-corrected chi connectivity index (χ2v) is 9.08. The van der Waals surface area contributed by atoms with E-state index in [0.717, 1.165) is 46.1 Å². The zero-order valence-corrected chi connectivity index (χ0v) is 19.0. The normalized spacial score (nSPS) is 15.1. The molecule has 6 rings (SSSR count). The third kappa shape index (κ3) is 3.57. The summed E-state index contributed by atoms with van der Waals surface area (Å²) in [6, 6.07) is 8.24. The molecular formula is C25H24FN7O. The Hall–Kier alpha value is -3.88. The van der Waals surface area contributed by atoms with Crippen LogP contribution in [0.1, 0.15) is 46.6 Å². The lowest BCUT2D eigenvalue weighted by Crippen LogP contribution is -2.09. The number of aromatic nitrogens is 6. The predicted octanol–water partition coefficient (Wildman–Crippen LogP) is 4.56. The van der Waals surface area contributed by atoms with E-state index in [-0.39, 0.29) is 11.6 Å². The average Bonchev–Trinajstić information content (AvgIpc) is 3.37. The summed E-state index contributed by atoms with van der Waals surface area (Å²) in [5.41, 5.74) is 5.00. The molecule has 1 saturated carbocycles. The van der Waals surface area contributed by atoms with Gasteiger partial charge < -0.3 is 5.32 Å². The van der Waals surface area contributed by atoms with E-state index < -0.39 is 0 Å². The van der Waals surface area contributed by atoms with Crippen LogP contribution in [0.3, 0.4) is 0 Å². The maximum atomic E-state index is 13.5. The number of aryl methyl sites for hydroxylation is 1. The van der Waals surface area contributed by atoms with Gasteiger partial charge in [-0.05, 0) is 63.3 Å². The SMILES string of the molecule is Cc1nn(-c2cc(Nc3c(C)c(-c4ccc(F)cc4)nn3CC3CC3)ncn2)c2c1C(=O)CC2. The molecule has 0 spiro atoms. The molecule has 4 aromatic rings. The maximum absolute atomic E-state index is 13.5. The standard InChI is InChI=1S/C25H24FN7O/c1-14-24(17-5-7-18(26)8-6-17)31-32(12-16-3-4-16)25(14)29-21-11-22(28-13-27-21)33-19-9-10-20(34)23(19)15(2)30-33/h5-8,11,13,16H,3-4,9-10,12H2,1-2H3,(H,27,28,29). The Kier molecular flexibility index (Phi) is 4.79. The Balaban J connectivity index is 1.37. The predicted molar refractivity (Wildman–Crippen MR) is 125 cm³/mol. The number of rotatable bonds is 6. The van der Waals surface area contributed by atoms with Crippen LogP contribution in [-0.4, -0.2) is 35.3 Å². The molecule has 0 radical (unpaired) electrons. The fourth-order valence-electron chi connectivity index (χ4n) is 4.64. The van der Waals surface area contributed by atoms with E-state index in [0.29, 0.717) is 30.4 Å². The number of fused-ring (bicyclic) bond motifs is 1. The highest BCUT2D eigenvalue weighted by Crippen LogP contribution is 2.36. The van der Waals surface area contributed by atoms with Crippen molar-refractivity contribution in [3.05, 3.63) is 65.0 Å². The van der Waals surface area contributed by atoms with Gasteiger partial charge in [0.2, 0.25) is 0 Å². The molecule has 172 valence electrons. The minimum Gasteiger partial charge on any atom is -0.325 e. The summed E-state index contributed by atoms with van der Waals surface area (Å²) in [6.07, 6.45) is 5.07. The summed E-state index contributed by atoms with van der Waals surface area (Å²) < 4.78 is 17.2. The Labute approximate surface area is 195 Å². The molecule has 0 bridgehead atoms. The first kappa shape index (κ1) is 20.7. The van der Waals surface area contributed by atoms with Gasteiger partial charge in [-0.25, -0.2) is 23.7 Å². The quantitative estimate of drug-likeness (QED) is 0.456. The van der Waals surface area contributed by atoms with Crippen molar-refractivity contribution in [2.75, 3.05) is 5.32 Å². The number of nitrogens with one attached hydrogen (secondary N) is 1. The summed E-state index contributed by atoms with van der Waals surface area (Å²) in [4.78, 5) is 21.1. The highest BCUT2D eigenvalue weighted by molar-refractivity contribution is 6.01. The molecule has 3 aromatic heterocycles. The van der Waals surface area contributed by atoms with E-state index in [4.69, 9.17) is 5.10 Å². The van der Waals surface area contributed by atoms with E-state index in [9.17, 15) is 9.18 Å². The molecule has 8 nitrogen and oxygen atoms in total. The fraction of sp³-hybridized carbons (Fsp3) is 0.320. The second-order valence-electron chi connectivity index (χ2n) is 9.08. The van der Waals surface area contributed by atoms with Gasteiger partial charge in [-0.2, -0.15) is 10.2 Å². The molecule has 1 N–H and O–H groups in total. The van der Waals surface area contributed by atoms with Gasteiger partial charge in [-0.3, -0.25) is 4.79 Å². The summed E-state index contributed by atoms with van der Waals surface area (Å²) in [6.45, 7) is 4.68. The van der Waals surface area contributed by atoms with E-state index in [1.807, 2.05) is 24.6 Å². The van der Waals surface area contributed by atoms with E-state index in [1.54, 1.807) is 16.8 Å². The maximum Gasteiger partial charge on any atom is 0.166 e. The molecule has 1 aromatic carbocycles. The lowest BCUT2D eigenvalue weighted by atomic mass is 10.1. The third-order valence-electron chi connectivity index (χ3n) is 6.57. The van der Waals surface area contributed by atoms with Crippen molar-refractivity contribution < 1.29 is 9.18 Å². The average molecular weight is 458 g/mol. The first-order valence-corrected chi connectivity index (χ1v) is 11.5. The number of carbonyl (C=O) groups excluding carboxylic acids is 1. The van der Waals surface area contributed by atoms with Crippen LogP contribution in [0, 0.1) is 25.6 Å². The van der Waals surface area contributed by atoms with Crippen molar-refractivity contribution in [2.24, 2.45) is 5.92 Å². The van der Waals surface area contributed by atoms with Gasteiger partial charge in [0, 0.05) is 30.2 Å². The molecule has 1 fully saturated rings. The van der Waals surface area contributed by atoms with Crippen LogP contribution < -0.4 is 5.32 Å². The van der Waals surface area contributed by atoms with Crippen LogP contribution in [0.2, 0.25) is 0 Å². The Morgan fingerprint density at radius 1 is 1.09 bits per heavy atom. The van der Waals surface area contributed by atoms with Gasteiger partial charge in [0.15, 0.2) is 11.6 Å². The molecule has 0 unspecified atom stereocenters. The van der Waals surface area contributed by atoms with Gasteiger partial charge in [0.25, 0.3) is 0 Å². The van der Waals surface area contributed by atoms with Crippen LogP contribution in [0.4, 0.5) is 16.0 Å². The van der Waals surface area contributed by atoms with E-state index in [1.165, 1.54) is 31.3 Å². The first-order valence-electron chi connectivity index (χ1n) is 11.5. The molecule has 2 aliphatic carbocycles. The van der Waals surface area contributed by atoms with Crippen molar-refractivity contribution in [1.82, 2.24) is 29.5 Å². The van der Waals surface area contributed by atoms with Crippen molar-refractivity contribution in [3.8, 4) is 17.1 Å². The fourth-order valence-corrected chi connectivity index (χ4v) is 4.64. The van der Waals surface area contributed by atoms with Gasteiger partial charge in [0.1, 0.15) is 23.8 Å². The Bertz CT molecular complexity index is 1420. The molecule has 9 heteroatoms. The number of Topliss-reactive ketones (excluding diaryl/α,β-unsaturated/α-hetero) is 1. The largest absolute Gasteiger partial charge is 0.325 e. The summed E-state index contributed by atoms with van der Waals surface area (Å²) in [5.74, 6) is 2.57. The molecule has 0 aliphatic heterocycles. The minimum absolute atomic E-state index is 0.138. The lowest BCUT2D eigenvalue weighted by molar-refractivity contribution is 0.0994. The van der Waals surface area contributed by atoms with Gasteiger partial charge >= 0.3 is 0 Å². The Morgan fingerprint density at radius 3 is 2.65 bits per heavy atom. The van der Waals surface area contributed by atoms with Crippen molar-refractivity contribution in [3.63, 3.8) is 0 Å². The number of hydrogen-bond donors (Lipinski definition) is 1. The first-order chi connectivity index (χ1) is 16.5. The monoisotopic (exact) mass is 457 g/mol. The zero-order valence-electron chi connectivity index (χ0n) is 19.0. The topological polar surface area (TPSA) is 90.5 Å². The van der Waals surface area contributed by atoms with Crippen molar-refractivity contribution in [1.29, 1.82) is 0 Å². The van der Waals surface area contributed by atoms with Crippen molar-refractivity contribution in [2.45, 2.75) is 46.1 Å².